The first-order valence-corrected chi connectivity index (χ1v) is 7.14. The van der Waals surface area contributed by atoms with Gasteiger partial charge < -0.3 is 10.6 Å². The zero-order valence-corrected chi connectivity index (χ0v) is 11.9. The summed E-state index contributed by atoms with van der Waals surface area (Å²) in [6, 6.07) is 0.319. The molecule has 1 aliphatic heterocycles. The van der Waals surface area contributed by atoms with Crippen molar-refractivity contribution in [1.29, 1.82) is 0 Å². The van der Waals surface area contributed by atoms with Crippen molar-refractivity contribution in [2.75, 3.05) is 11.9 Å². The molecule has 2 rings (SSSR count). The summed E-state index contributed by atoms with van der Waals surface area (Å²) in [6.07, 6.45) is 2.76. The first-order chi connectivity index (χ1) is 8.45. The van der Waals surface area contributed by atoms with Crippen molar-refractivity contribution in [3.05, 3.63) is 5.01 Å². The molecule has 1 saturated heterocycles. The molecule has 1 unspecified atom stereocenters. The van der Waals surface area contributed by atoms with Gasteiger partial charge in [0.2, 0.25) is 11.0 Å². The molecule has 5 nitrogen and oxygen atoms in total. The third-order valence-electron chi connectivity index (χ3n) is 2.91. The SMILES string of the molecule is CC(C)(C)c1nnc(NC(=O)CC2CCCN2)s1. The maximum Gasteiger partial charge on any atom is 0.227 e. The molecule has 18 heavy (non-hydrogen) atoms. The number of rotatable bonds is 3. The molecule has 1 aliphatic rings. The fourth-order valence-corrected chi connectivity index (χ4v) is 2.72. The lowest BCUT2D eigenvalue weighted by Gasteiger charge is -2.12. The second-order valence-corrected chi connectivity index (χ2v) is 6.69. The highest BCUT2D eigenvalue weighted by Crippen LogP contribution is 2.27. The average molecular weight is 268 g/mol. The molecular formula is C12H20N4OS. The van der Waals surface area contributed by atoms with Crippen LogP contribution in [0.4, 0.5) is 5.13 Å². The normalized spacial score (nSPS) is 20.1. The largest absolute Gasteiger partial charge is 0.313 e. The number of nitrogens with one attached hydrogen (secondary N) is 2. The van der Waals surface area contributed by atoms with Gasteiger partial charge in [-0.1, -0.05) is 32.1 Å². The van der Waals surface area contributed by atoms with E-state index >= 15 is 0 Å². The Bertz CT molecular complexity index is 418. The van der Waals surface area contributed by atoms with Crippen LogP contribution in [0.5, 0.6) is 0 Å². The van der Waals surface area contributed by atoms with Crippen molar-refractivity contribution >= 4 is 22.4 Å². The Kier molecular flexibility index (Phi) is 3.97. The van der Waals surface area contributed by atoms with Gasteiger partial charge >= 0.3 is 0 Å². The standard InChI is InChI=1S/C12H20N4OS/c1-12(2,3)10-15-16-11(18-10)14-9(17)7-8-5-4-6-13-8/h8,13H,4-7H2,1-3H3,(H,14,16,17). The van der Waals surface area contributed by atoms with E-state index < -0.39 is 0 Å². The van der Waals surface area contributed by atoms with E-state index in [9.17, 15) is 4.79 Å². The Morgan fingerprint density at radius 1 is 1.50 bits per heavy atom. The third kappa shape index (κ3) is 3.49. The molecule has 0 radical (unpaired) electrons. The lowest BCUT2D eigenvalue weighted by Crippen LogP contribution is -2.27. The summed E-state index contributed by atoms with van der Waals surface area (Å²) < 4.78 is 0. The summed E-state index contributed by atoms with van der Waals surface area (Å²) >= 11 is 1.45. The molecule has 2 heterocycles. The van der Waals surface area contributed by atoms with Crippen molar-refractivity contribution < 1.29 is 4.79 Å². The van der Waals surface area contributed by atoms with E-state index in [-0.39, 0.29) is 11.3 Å². The van der Waals surface area contributed by atoms with Gasteiger partial charge in [-0.25, -0.2) is 0 Å². The zero-order valence-electron chi connectivity index (χ0n) is 11.1. The minimum absolute atomic E-state index is 0.0195. The molecule has 0 spiro atoms. The van der Waals surface area contributed by atoms with E-state index in [1.165, 1.54) is 11.3 Å². The summed E-state index contributed by atoms with van der Waals surface area (Å²) in [7, 11) is 0. The van der Waals surface area contributed by atoms with Crippen molar-refractivity contribution in [1.82, 2.24) is 15.5 Å². The Morgan fingerprint density at radius 2 is 2.28 bits per heavy atom. The summed E-state index contributed by atoms with van der Waals surface area (Å²) in [4.78, 5) is 11.8. The van der Waals surface area contributed by atoms with Gasteiger partial charge in [0, 0.05) is 17.9 Å². The highest BCUT2D eigenvalue weighted by molar-refractivity contribution is 7.15. The van der Waals surface area contributed by atoms with Gasteiger partial charge in [0.25, 0.3) is 0 Å². The fraction of sp³-hybridized carbons (Fsp3) is 0.750. The van der Waals surface area contributed by atoms with Crippen LogP contribution < -0.4 is 10.6 Å². The van der Waals surface area contributed by atoms with Crippen LogP contribution in [-0.4, -0.2) is 28.7 Å². The van der Waals surface area contributed by atoms with Crippen LogP contribution in [0.15, 0.2) is 0 Å². The molecule has 1 aromatic rings. The summed E-state index contributed by atoms with van der Waals surface area (Å²) in [5, 5.41) is 15.8. The van der Waals surface area contributed by atoms with Crippen LogP contribution in [0.3, 0.4) is 0 Å². The smallest absolute Gasteiger partial charge is 0.227 e. The third-order valence-corrected chi connectivity index (χ3v) is 4.17. The van der Waals surface area contributed by atoms with Gasteiger partial charge in [-0.05, 0) is 19.4 Å². The van der Waals surface area contributed by atoms with Gasteiger partial charge in [0.15, 0.2) is 0 Å². The summed E-state index contributed by atoms with van der Waals surface area (Å²) in [5.74, 6) is 0.0195. The topological polar surface area (TPSA) is 66.9 Å². The predicted molar refractivity (Wildman–Crippen MR) is 72.9 cm³/mol. The quantitative estimate of drug-likeness (QED) is 0.879. The minimum Gasteiger partial charge on any atom is -0.313 e. The van der Waals surface area contributed by atoms with Crippen molar-refractivity contribution in [2.45, 2.75) is 51.5 Å². The van der Waals surface area contributed by atoms with E-state index in [0.29, 0.717) is 17.6 Å². The van der Waals surface area contributed by atoms with Gasteiger partial charge in [0.05, 0.1) is 0 Å². The molecule has 0 aromatic carbocycles. The summed E-state index contributed by atoms with van der Waals surface area (Å²) in [6.45, 7) is 7.27. The minimum atomic E-state index is -0.0202. The van der Waals surface area contributed by atoms with Crippen molar-refractivity contribution in [3.63, 3.8) is 0 Å². The van der Waals surface area contributed by atoms with E-state index in [1.54, 1.807) is 0 Å². The van der Waals surface area contributed by atoms with E-state index in [1.807, 2.05) is 0 Å². The number of hydrogen-bond donors (Lipinski definition) is 2. The molecule has 1 fully saturated rings. The van der Waals surface area contributed by atoms with Crippen LogP contribution >= 0.6 is 11.3 Å². The Morgan fingerprint density at radius 3 is 2.83 bits per heavy atom. The fourth-order valence-electron chi connectivity index (χ4n) is 1.90. The van der Waals surface area contributed by atoms with Crippen molar-refractivity contribution in [3.8, 4) is 0 Å². The van der Waals surface area contributed by atoms with E-state index in [2.05, 4.69) is 41.6 Å². The number of nitrogens with zero attached hydrogens (tertiary/aromatic N) is 2. The lowest BCUT2D eigenvalue weighted by molar-refractivity contribution is -0.116. The van der Waals surface area contributed by atoms with Gasteiger partial charge in [-0.3, -0.25) is 4.79 Å². The first-order valence-electron chi connectivity index (χ1n) is 6.32. The number of carbonyl (C=O) groups is 1. The summed E-state index contributed by atoms with van der Waals surface area (Å²) in [5.41, 5.74) is -0.0202. The van der Waals surface area contributed by atoms with Crippen molar-refractivity contribution in [2.24, 2.45) is 0 Å². The van der Waals surface area contributed by atoms with Crippen LogP contribution in [0.25, 0.3) is 0 Å². The molecular weight excluding hydrogens is 248 g/mol. The Balaban J connectivity index is 1.88. The number of aromatic nitrogens is 2. The number of hydrogen-bond acceptors (Lipinski definition) is 5. The molecule has 0 bridgehead atoms. The lowest BCUT2D eigenvalue weighted by atomic mass is 9.98. The van der Waals surface area contributed by atoms with E-state index in [4.69, 9.17) is 0 Å². The highest BCUT2D eigenvalue weighted by atomic mass is 32.1. The first kappa shape index (κ1) is 13.4. The van der Waals surface area contributed by atoms with Gasteiger partial charge in [-0.2, -0.15) is 0 Å². The van der Waals surface area contributed by atoms with Crippen LogP contribution in [0.2, 0.25) is 0 Å². The molecule has 0 aliphatic carbocycles. The molecule has 0 saturated carbocycles. The second-order valence-electron chi connectivity index (χ2n) is 5.71. The van der Waals surface area contributed by atoms with Crippen LogP contribution in [-0.2, 0) is 10.2 Å². The average Bonchev–Trinajstić information content (AvgIpc) is 2.87. The van der Waals surface area contributed by atoms with Gasteiger partial charge in [-0.15, -0.1) is 10.2 Å². The van der Waals surface area contributed by atoms with Gasteiger partial charge in [0.1, 0.15) is 5.01 Å². The Labute approximate surface area is 111 Å². The number of anilines is 1. The number of amides is 1. The maximum absolute atomic E-state index is 11.8. The highest BCUT2D eigenvalue weighted by Gasteiger charge is 2.21. The Hall–Kier alpha value is -1.01. The molecule has 100 valence electrons. The monoisotopic (exact) mass is 268 g/mol. The van der Waals surface area contributed by atoms with E-state index in [0.717, 1.165) is 24.4 Å². The maximum atomic E-state index is 11.8. The molecule has 1 amide bonds. The molecule has 6 heteroatoms. The predicted octanol–water partition coefficient (Wildman–Crippen LogP) is 1.92. The second kappa shape index (κ2) is 5.32. The van der Waals surface area contributed by atoms with Crippen LogP contribution in [0.1, 0.15) is 45.0 Å². The zero-order chi connectivity index (χ0) is 13.2. The molecule has 2 N–H and O–H groups in total. The van der Waals surface area contributed by atoms with Crippen LogP contribution in [0, 0.1) is 0 Å². The molecule has 1 aromatic heterocycles. The number of carbonyl (C=O) groups excluding carboxylic acids is 1. The molecule has 1 atom stereocenters.